The molecule has 0 bridgehead atoms. The summed E-state index contributed by atoms with van der Waals surface area (Å²) in [4.78, 5) is 28.9. The van der Waals surface area contributed by atoms with Crippen molar-refractivity contribution in [2.75, 3.05) is 36.6 Å². The van der Waals surface area contributed by atoms with Crippen molar-refractivity contribution in [3.63, 3.8) is 0 Å². The molecule has 0 aromatic heterocycles. The molecule has 2 aliphatic heterocycles. The third kappa shape index (κ3) is 3.95. The van der Waals surface area contributed by atoms with Gasteiger partial charge in [-0.1, -0.05) is 6.07 Å². The number of rotatable bonds is 5. The maximum atomic E-state index is 13.0. The van der Waals surface area contributed by atoms with Crippen molar-refractivity contribution in [3.05, 3.63) is 23.8 Å². The van der Waals surface area contributed by atoms with E-state index in [1.54, 1.807) is 16.9 Å². The molecule has 8 heteroatoms. The SMILES string of the molecule is CCN(C(=O)C1CC(=O)N(c2cc(C)ccc2OC)C1)C1CCS(=O)(=O)C1. The first kappa shape index (κ1) is 19.7. The zero-order valence-electron chi connectivity index (χ0n) is 16.0. The van der Waals surface area contributed by atoms with E-state index in [9.17, 15) is 18.0 Å². The molecule has 1 aromatic carbocycles. The molecule has 2 heterocycles. The van der Waals surface area contributed by atoms with Crippen molar-refractivity contribution in [1.29, 1.82) is 0 Å². The summed E-state index contributed by atoms with van der Waals surface area (Å²) in [6.07, 6.45) is 0.601. The van der Waals surface area contributed by atoms with Crippen molar-refractivity contribution < 1.29 is 22.7 Å². The lowest BCUT2D eigenvalue weighted by Crippen LogP contribution is -2.44. The van der Waals surface area contributed by atoms with Crippen LogP contribution in [0.25, 0.3) is 0 Å². The van der Waals surface area contributed by atoms with Crippen molar-refractivity contribution in [2.45, 2.75) is 32.7 Å². The van der Waals surface area contributed by atoms with Crippen LogP contribution in [0.3, 0.4) is 0 Å². The first-order chi connectivity index (χ1) is 12.8. The van der Waals surface area contributed by atoms with Gasteiger partial charge in [0.25, 0.3) is 0 Å². The monoisotopic (exact) mass is 394 g/mol. The van der Waals surface area contributed by atoms with Crippen LogP contribution in [0.5, 0.6) is 5.75 Å². The molecular weight excluding hydrogens is 368 g/mol. The van der Waals surface area contributed by atoms with Gasteiger partial charge >= 0.3 is 0 Å². The molecule has 27 heavy (non-hydrogen) atoms. The maximum Gasteiger partial charge on any atom is 0.228 e. The molecule has 2 saturated heterocycles. The van der Waals surface area contributed by atoms with E-state index < -0.39 is 15.8 Å². The summed E-state index contributed by atoms with van der Waals surface area (Å²) in [6, 6.07) is 5.31. The van der Waals surface area contributed by atoms with Gasteiger partial charge in [-0.3, -0.25) is 9.59 Å². The van der Waals surface area contributed by atoms with Crippen molar-refractivity contribution in [3.8, 4) is 5.75 Å². The van der Waals surface area contributed by atoms with E-state index in [2.05, 4.69) is 0 Å². The summed E-state index contributed by atoms with van der Waals surface area (Å²) >= 11 is 0. The Bertz CT molecular complexity index is 852. The standard InChI is InChI=1S/C19H26N2O5S/c1-4-20(15-7-8-27(24,25)12-15)19(23)14-10-18(22)21(11-14)16-9-13(2)5-6-17(16)26-3/h5-6,9,14-15H,4,7-8,10-12H2,1-3H3. The smallest absolute Gasteiger partial charge is 0.228 e. The van der Waals surface area contributed by atoms with Crippen molar-refractivity contribution >= 4 is 27.3 Å². The van der Waals surface area contributed by atoms with Crippen LogP contribution in [-0.2, 0) is 19.4 Å². The Morgan fingerprint density at radius 1 is 1.37 bits per heavy atom. The van der Waals surface area contributed by atoms with Crippen LogP contribution in [0.2, 0.25) is 0 Å². The van der Waals surface area contributed by atoms with E-state index in [0.717, 1.165) is 5.56 Å². The third-order valence-electron chi connectivity index (χ3n) is 5.37. The Morgan fingerprint density at radius 2 is 2.11 bits per heavy atom. The summed E-state index contributed by atoms with van der Waals surface area (Å²) in [5.74, 6) is 0.0111. The molecular formula is C19H26N2O5S. The van der Waals surface area contributed by atoms with Gasteiger partial charge in [0.05, 0.1) is 30.2 Å². The van der Waals surface area contributed by atoms with E-state index >= 15 is 0 Å². The molecule has 0 spiro atoms. The predicted molar refractivity (Wildman–Crippen MR) is 103 cm³/mol. The van der Waals surface area contributed by atoms with Gasteiger partial charge in [0.1, 0.15) is 5.75 Å². The summed E-state index contributed by atoms with van der Waals surface area (Å²) in [7, 11) is -1.52. The molecule has 2 unspecified atom stereocenters. The van der Waals surface area contributed by atoms with Gasteiger partial charge in [0, 0.05) is 25.6 Å². The topological polar surface area (TPSA) is 84.0 Å². The number of anilines is 1. The van der Waals surface area contributed by atoms with Crippen LogP contribution in [0.1, 0.15) is 25.3 Å². The van der Waals surface area contributed by atoms with Gasteiger partial charge in [-0.05, 0) is 38.0 Å². The lowest BCUT2D eigenvalue weighted by molar-refractivity contribution is -0.137. The molecule has 3 rings (SSSR count). The fourth-order valence-corrected chi connectivity index (χ4v) is 5.70. The molecule has 0 aliphatic carbocycles. The normalized spacial score (nSPS) is 24.3. The highest BCUT2D eigenvalue weighted by Gasteiger charge is 2.41. The maximum absolute atomic E-state index is 13.0. The predicted octanol–water partition coefficient (Wildman–Crippen LogP) is 1.39. The Morgan fingerprint density at radius 3 is 2.70 bits per heavy atom. The number of amides is 2. The summed E-state index contributed by atoms with van der Waals surface area (Å²) in [5.41, 5.74) is 1.67. The second-order valence-corrected chi connectivity index (χ2v) is 9.49. The van der Waals surface area contributed by atoms with Crippen molar-refractivity contribution in [2.24, 2.45) is 5.92 Å². The minimum absolute atomic E-state index is 0.0165. The number of aryl methyl sites for hydroxylation is 1. The lowest BCUT2D eigenvalue weighted by Gasteiger charge is -2.29. The number of benzene rings is 1. The van der Waals surface area contributed by atoms with Crippen LogP contribution in [-0.4, -0.2) is 62.9 Å². The molecule has 2 aliphatic rings. The molecule has 2 amide bonds. The van der Waals surface area contributed by atoms with Crippen LogP contribution in [0.4, 0.5) is 5.69 Å². The average Bonchev–Trinajstić information content (AvgIpc) is 3.18. The lowest BCUT2D eigenvalue weighted by atomic mass is 10.1. The Hall–Kier alpha value is -2.09. The highest BCUT2D eigenvalue weighted by Crippen LogP contribution is 2.34. The van der Waals surface area contributed by atoms with Crippen molar-refractivity contribution in [1.82, 2.24) is 4.90 Å². The quantitative estimate of drug-likeness (QED) is 0.754. The number of ether oxygens (including phenoxy) is 1. The zero-order valence-corrected chi connectivity index (χ0v) is 16.8. The van der Waals surface area contributed by atoms with Crippen LogP contribution in [0.15, 0.2) is 18.2 Å². The molecule has 7 nitrogen and oxygen atoms in total. The van der Waals surface area contributed by atoms with E-state index in [1.807, 2.05) is 32.0 Å². The largest absolute Gasteiger partial charge is 0.495 e. The molecule has 2 atom stereocenters. The van der Waals surface area contributed by atoms with Gasteiger partial charge < -0.3 is 14.5 Å². The highest BCUT2D eigenvalue weighted by atomic mass is 32.2. The van der Waals surface area contributed by atoms with Crippen LogP contribution >= 0.6 is 0 Å². The summed E-state index contributed by atoms with van der Waals surface area (Å²) in [5, 5.41) is 0. The Labute approximate surface area is 160 Å². The fraction of sp³-hybridized carbons (Fsp3) is 0.579. The van der Waals surface area contributed by atoms with Gasteiger partial charge in [-0.15, -0.1) is 0 Å². The van der Waals surface area contributed by atoms with Crippen LogP contribution in [0, 0.1) is 12.8 Å². The number of sulfone groups is 1. The number of hydrogen-bond acceptors (Lipinski definition) is 5. The fourth-order valence-electron chi connectivity index (χ4n) is 3.97. The Kier molecular flexibility index (Phi) is 5.46. The molecule has 0 N–H and O–H groups in total. The van der Waals surface area contributed by atoms with Gasteiger partial charge in [-0.2, -0.15) is 0 Å². The molecule has 1 aromatic rings. The van der Waals surface area contributed by atoms with Gasteiger partial charge in [-0.25, -0.2) is 8.42 Å². The molecule has 148 valence electrons. The Balaban J connectivity index is 1.78. The second kappa shape index (κ2) is 7.50. The average molecular weight is 394 g/mol. The first-order valence-corrected chi connectivity index (χ1v) is 11.0. The number of methoxy groups -OCH3 is 1. The third-order valence-corrected chi connectivity index (χ3v) is 7.12. The number of carbonyl (C=O) groups excluding carboxylic acids is 2. The van der Waals surface area contributed by atoms with Crippen LogP contribution < -0.4 is 9.64 Å². The highest BCUT2D eigenvalue weighted by molar-refractivity contribution is 7.91. The van der Waals surface area contributed by atoms with Gasteiger partial charge in [0.2, 0.25) is 11.8 Å². The molecule has 2 fully saturated rings. The van der Waals surface area contributed by atoms with E-state index in [1.165, 1.54) is 0 Å². The number of carbonyl (C=O) groups is 2. The summed E-state index contributed by atoms with van der Waals surface area (Å²) < 4.78 is 28.9. The number of hydrogen-bond donors (Lipinski definition) is 0. The minimum atomic E-state index is -3.07. The van der Waals surface area contributed by atoms with E-state index in [-0.39, 0.29) is 42.3 Å². The van der Waals surface area contributed by atoms with E-state index in [0.29, 0.717) is 24.4 Å². The second-order valence-electron chi connectivity index (χ2n) is 7.26. The minimum Gasteiger partial charge on any atom is -0.495 e. The van der Waals surface area contributed by atoms with E-state index in [4.69, 9.17) is 4.74 Å². The molecule has 0 saturated carbocycles. The first-order valence-electron chi connectivity index (χ1n) is 9.21. The summed E-state index contributed by atoms with van der Waals surface area (Å²) in [6.45, 7) is 4.51. The molecule has 0 radical (unpaired) electrons. The zero-order chi connectivity index (χ0) is 19.8. The number of nitrogens with zero attached hydrogens (tertiary/aromatic N) is 2. The van der Waals surface area contributed by atoms with Gasteiger partial charge in [0.15, 0.2) is 9.84 Å².